The Morgan fingerprint density at radius 2 is 2.04 bits per heavy atom. The largest absolute Gasteiger partial charge is 0.494 e. The average molecular weight is 348 g/mol. The van der Waals surface area contributed by atoms with E-state index in [1.54, 1.807) is 4.68 Å². The highest BCUT2D eigenvalue weighted by Gasteiger charge is 2.28. The monoisotopic (exact) mass is 348 g/mol. The first-order chi connectivity index (χ1) is 11.6. The summed E-state index contributed by atoms with van der Waals surface area (Å²) in [5.74, 6) is 1.55. The Hall–Kier alpha value is -1.70. The van der Waals surface area contributed by atoms with E-state index in [2.05, 4.69) is 22.1 Å². The number of ether oxygens (including phenoxy) is 1. The fraction of sp³-hybridized carbons (Fsp3) is 0.529. The molecule has 1 aromatic carbocycles. The van der Waals surface area contributed by atoms with Crippen LogP contribution in [0.5, 0.6) is 5.75 Å². The van der Waals surface area contributed by atoms with Crippen molar-refractivity contribution < 1.29 is 9.84 Å². The van der Waals surface area contributed by atoms with Gasteiger partial charge in [0.1, 0.15) is 12.4 Å². The first kappa shape index (κ1) is 17.1. The predicted molar refractivity (Wildman–Crippen MR) is 94.3 cm³/mol. The minimum absolute atomic E-state index is 0.0737. The smallest absolute Gasteiger partial charge is 0.199 e. The summed E-state index contributed by atoms with van der Waals surface area (Å²) in [6.45, 7) is 3.97. The maximum Gasteiger partial charge on any atom is 0.199 e. The molecule has 0 unspecified atom stereocenters. The third-order valence-corrected chi connectivity index (χ3v) is 4.46. The predicted octanol–water partition coefficient (Wildman–Crippen LogP) is 2.73. The van der Waals surface area contributed by atoms with Crippen LogP contribution in [0.4, 0.5) is 0 Å². The van der Waals surface area contributed by atoms with Crippen LogP contribution < -0.4 is 4.74 Å². The lowest BCUT2D eigenvalue weighted by atomic mass is 10.2. The van der Waals surface area contributed by atoms with Crippen LogP contribution in [-0.4, -0.2) is 38.0 Å². The highest BCUT2D eigenvalue weighted by Crippen LogP contribution is 2.36. The molecule has 0 radical (unpaired) electrons. The number of aliphatic hydroxyl groups is 1. The van der Waals surface area contributed by atoms with Gasteiger partial charge in [-0.15, -0.1) is 0 Å². The molecule has 6 nitrogen and oxygen atoms in total. The minimum atomic E-state index is -0.0737. The Morgan fingerprint density at radius 3 is 2.62 bits per heavy atom. The standard InChI is InChI=1S/C17H24N4O2S/c1-3-23-15-8-4-13(5-9-15)10-19(2)12-20-17(24)21(14-6-7-14)16(11-22)18-20/h4-5,8-9,14,22H,3,6-7,10-12H2,1-2H3. The van der Waals surface area contributed by atoms with E-state index >= 15 is 0 Å². The normalized spacial score (nSPS) is 14.3. The van der Waals surface area contributed by atoms with Crippen LogP contribution in [0.3, 0.4) is 0 Å². The third kappa shape index (κ3) is 3.85. The van der Waals surface area contributed by atoms with E-state index in [1.165, 1.54) is 5.56 Å². The van der Waals surface area contributed by atoms with E-state index in [0.29, 0.717) is 29.9 Å². The molecule has 1 heterocycles. The summed E-state index contributed by atoms with van der Waals surface area (Å²) in [5, 5.41) is 14.0. The van der Waals surface area contributed by atoms with Crippen LogP contribution in [0.15, 0.2) is 24.3 Å². The van der Waals surface area contributed by atoms with E-state index in [0.717, 1.165) is 25.1 Å². The van der Waals surface area contributed by atoms with Crippen LogP contribution in [0.1, 0.15) is 37.2 Å². The Kier molecular flexibility index (Phi) is 5.33. The van der Waals surface area contributed by atoms with E-state index in [9.17, 15) is 5.11 Å². The molecule has 7 heteroatoms. The highest BCUT2D eigenvalue weighted by molar-refractivity contribution is 7.71. The van der Waals surface area contributed by atoms with Gasteiger partial charge in [0, 0.05) is 12.6 Å². The SMILES string of the molecule is CCOc1ccc(CN(C)Cn2nc(CO)n(C3CC3)c2=S)cc1. The van der Waals surface area contributed by atoms with Gasteiger partial charge in [0.2, 0.25) is 0 Å². The van der Waals surface area contributed by atoms with Crippen molar-refractivity contribution in [2.45, 2.75) is 45.6 Å². The molecule has 0 atom stereocenters. The molecule has 1 N–H and O–H groups in total. The molecule has 1 saturated carbocycles. The topological polar surface area (TPSA) is 55.4 Å². The lowest BCUT2D eigenvalue weighted by Crippen LogP contribution is -2.22. The second-order valence-electron chi connectivity index (χ2n) is 6.19. The van der Waals surface area contributed by atoms with Gasteiger partial charge in [0.25, 0.3) is 0 Å². The molecule has 1 aliphatic rings. The average Bonchev–Trinajstić information content (AvgIpc) is 3.35. The van der Waals surface area contributed by atoms with Crippen molar-refractivity contribution >= 4 is 12.2 Å². The van der Waals surface area contributed by atoms with Crippen LogP contribution in [0.2, 0.25) is 0 Å². The molecule has 0 bridgehead atoms. The Labute approximate surface area is 147 Å². The van der Waals surface area contributed by atoms with Gasteiger partial charge in [0.05, 0.1) is 13.3 Å². The van der Waals surface area contributed by atoms with Crippen molar-refractivity contribution in [3.05, 3.63) is 40.4 Å². The maximum atomic E-state index is 9.50. The highest BCUT2D eigenvalue weighted by atomic mass is 32.1. The van der Waals surface area contributed by atoms with E-state index in [1.807, 2.05) is 30.7 Å². The quantitative estimate of drug-likeness (QED) is 0.744. The van der Waals surface area contributed by atoms with Crippen molar-refractivity contribution in [1.82, 2.24) is 19.2 Å². The summed E-state index contributed by atoms with van der Waals surface area (Å²) in [6, 6.07) is 8.55. The minimum Gasteiger partial charge on any atom is -0.494 e. The fourth-order valence-corrected chi connectivity index (χ4v) is 3.17. The zero-order chi connectivity index (χ0) is 17.1. The van der Waals surface area contributed by atoms with Crippen LogP contribution in [0, 0.1) is 4.77 Å². The van der Waals surface area contributed by atoms with Gasteiger partial charge in [-0.05, 0) is 56.7 Å². The molecule has 2 aromatic rings. The lowest BCUT2D eigenvalue weighted by molar-refractivity contribution is 0.238. The van der Waals surface area contributed by atoms with Gasteiger partial charge < -0.3 is 9.84 Å². The van der Waals surface area contributed by atoms with Gasteiger partial charge in [0.15, 0.2) is 10.6 Å². The number of nitrogens with zero attached hydrogens (tertiary/aromatic N) is 4. The Bertz CT molecular complexity index is 734. The first-order valence-corrected chi connectivity index (χ1v) is 8.72. The van der Waals surface area contributed by atoms with Gasteiger partial charge in [-0.3, -0.25) is 9.47 Å². The molecule has 0 aliphatic heterocycles. The molecule has 24 heavy (non-hydrogen) atoms. The fourth-order valence-electron chi connectivity index (χ4n) is 2.81. The van der Waals surface area contributed by atoms with Crippen LogP contribution in [-0.2, 0) is 19.8 Å². The lowest BCUT2D eigenvalue weighted by Gasteiger charge is -2.16. The molecule has 1 aromatic heterocycles. The van der Waals surface area contributed by atoms with Gasteiger partial charge in [-0.1, -0.05) is 12.1 Å². The van der Waals surface area contributed by atoms with Gasteiger partial charge in [-0.25, -0.2) is 4.68 Å². The number of aromatic nitrogens is 3. The molecule has 0 spiro atoms. The molecular weight excluding hydrogens is 324 g/mol. The van der Waals surface area contributed by atoms with Crippen LogP contribution in [0.25, 0.3) is 0 Å². The Morgan fingerprint density at radius 1 is 1.33 bits per heavy atom. The zero-order valence-corrected chi connectivity index (χ0v) is 15.0. The molecule has 3 rings (SSSR count). The van der Waals surface area contributed by atoms with Crippen molar-refractivity contribution in [1.29, 1.82) is 0 Å². The van der Waals surface area contributed by atoms with Crippen molar-refractivity contribution in [3.8, 4) is 5.75 Å². The van der Waals surface area contributed by atoms with Gasteiger partial charge >= 0.3 is 0 Å². The Balaban J connectivity index is 1.66. The molecule has 0 amide bonds. The number of hydrogen-bond acceptors (Lipinski definition) is 5. The van der Waals surface area contributed by atoms with Crippen molar-refractivity contribution in [2.24, 2.45) is 0 Å². The second-order valence-corrected chi connectivity index (χ2v) is 6.56. The number of hydrogen-bond donors (Lipinski definition) is 1. The first-order valence-electron chi connectivity index (χ1n) is 8.31. The summed E-state index contributed by atoms with van der Waals surface area (Å²) in [5.41, 5.74) is 1.21. The number of aliphatic hydroxyl groups excluding tert-OH is 1. The summed E-state index contributed by atoms with van der Waals surface area (Å²) in [7, 11) is 2.03. The van der Waals surface area contributed by atoms with E-state index in [-0.39, 0.29) is 6.61 Å². The molecule has 1 fully saturated rings. The molecule has 130 valence electrons. The summed E-state index contributed by atoms with van der Waals surface area (Å²) >= 11 is 5.53. The zero-order valence-electron chi connectivity index (χ0n) is 14.2. The maximum absolute atomic E-state index is 9.50. The number of benzene rings is 1. The van der Waals surface area contributed by atoms with Gasteiger partial charge in [-0.2, -0.15) is 5.10 Å². The summed E-state index contributed by atoms with van der Waals surface area (Å²) in [4.78, 5) is 2.15. The third-order valence-electron chi connectivity index (χ3n) is 4.06. The second kappa shape index (κ2) is 7.46. The van der Waals surface area contributed by atoms with E-state index in [4.69, 9.17) is 17.0 Å². The van der Waals surface area contributed by atoms with Crippen molar-refractivity contribution in [2.75, 3.05) is 13.7 Å². The summed E-state index contributed by atoms with van der Waals surface area (Å²) < 4.78 is 9.96. The van der Waals surface area contributed by atoms with E-state index < -0.39 is 0 Å². The van der Waals surface area contributed by atoms with Crippen molar-refractivity contribution in [3.63, 3.8) is 0 Å². The molecule has 0 saturated heterocycles. The molecular formula is C17H24N4O2S. The number of rotatable bonds is 8. The summed E-state index contributed by atoms with van der Waals surface area (Å²) in [6.07, 6.45) is 2.24. The van der Waals surface area contributed by atoms with Crippen LogP contribution >= 0.6 is 12.2 Å². The molecule has 1 aliphatic carbocycles.